The Morgan fingerprint density at radius 3 is 2.60 bits per heavy atom. The van der Waals surface area contributed by atoms with Crippen LogP contribution in [-0.2, 0) is 0 Å². The second-order valence-electron chi connectivity index (χ2n) is 3.09. The Balaban J connectivity index is 2.45. The van der Waals surface area contributed by atoms with E-state index in [0.717, 1.165) is 12.8 Å². The summed E-state index contributed by atoms with van der Waals surface area (Å²) in [5.41, 5.74) is 5.32. The number of allylic oxidation sites excluding steroid dienone is 1. The lowest BCUT2D eigenvalue weighted by atomic mass is 9.89. The van der Waals surface area contributed by atoms with Crippen LogP contribution >= 0.6 is 0 Å². The van der Waals surface area contributed by atoms with Gasteiger partial charge in [-0.1, -0.05) is 19.1 Å². The van der Waals surface area contributed by atoms with Crippen LogP contribution in [0.3, 0.4) is 0 Å². The van der Waals surface area contributed by atoms with Crippen LogP contribution < -0.4 is 5.73 Å². The molecule has 0 aromatic heterocycles. The number of aliphatic hydroxyl groups excluding tert-OH is 1. The van der Waals surface area contributed by atoms with Crippen molar-refractivity contribution in [2.45, 2.75) is 26.0 Å². The minimum atomic E-state index is -0.663. The molecule has 58 valence electrons. The van der Waals surface area contributed by atoms with Gasteiger partial charge in [-0.2, -0.15) is 0 Å². The highest BCUT2D eigenvalue weighted by Gasteiger charge is 2.16. The molecular formula is C8H15NO. The van der Waals surface area contributed by atoms with Crippen molar-refractivity contribution in [3.8, 4) is 0 Å². The molecule has 0 spiro atoms. The van der Waals surface area contributed by atoms with Crippen LogP contribution in [0.1, 0.15) is 19.8 Å². The normalized spacial score (nSPS) is 35.9. The van der Waals surface area contributed by atoms with Crippen LogP contribution in [0.4, 0.5) is 0 Å². The van der Waals surface area contributed by atoms with E-state index in [1.807, 2.05) is 6.08 Å². The lowest BCUT2D eigenvalue weighted by Crippen LogP contribution is -2.29. The molecule has 0 fully saturated rings. The molecule has 1 rings (SSSR count). The summed E-state index contributed by atoms with van der Waals surface area (Å²) in [6.45, 7) is 2.18. The van der Waals surface area contributed by atoms with Gasteiger partial charge in [-0.3, -0.25) is 0 Å². The zero-order chi connectivity index (χ0) is 7.56. The van der Waals surface area contributed by atoms with Crippen molar-refractivity contribution < 1.29 is 5.11 Å². The van der Waals surface area contributed by atoms with E-state index in [1.165, 1.54) is 0 Å². The van der Waals surface area contributed by atoms with Gasteiger partial charge in [-0.25, -0.2) is 0 Å². The highest BCUT2D eigenvalue weighted by atomic mass is 16.3. The van der Waals surface area contributed by atoms with Gasteiger partial charge in [0.2, 0.25) is 0 Å². The van der Waals surface area contributed by atoms with E-state index >= 15 is 0 Å². The summed E-state index contributed by atoms with van der Waals surface area (Å²) in [4.78, 5) is 0. The first-order valence-electron chi connectivity index (χ1n) is 3.82. The molecule has 2 heteroatoms. The fourth-order valence-corrected chi connectivity index (χ4v) is 1.26. The van der Waals surface area contributed by atoms with Crippen LogP contribution in [0.5, 0.6) is 0 Å². The molecule has 0 saturated heterocycles. The summed E-state index contributed by atoms with van der Waals surface area (Å²) in [6.07, 6.45) is 5.66. The molecule has 0 amide bonds. The molecule has 0 aromatic rings. The van der Waals surface area contributed by atoms with E-state index < -0.39 is 6.23 Å². The second kappa shape index (κ2) is 3.17. The fourth-order valence-electron chi connectivity index (χ4n) is 1.26. The Labute approximate surface area is 61.7 Å². The van der Waals surface area contributed by atoms with Gasteiger partial charge in [0, 0.05) is 5.92 Å². The molecule has 1 unspecified atom stereocenters. The van der Waals surface area contributed by atoms with Crippen molar-refractivity contribution in [3.05, 3.63) is 12.2 Å². The molecular weight excluding hydrogens is 126 g/mol. The third-order valence-corrected chi connectivity index (χ3v) is 2.08. The molecule has 0 saturated carbocycles. The molecule has 3 atom stereocenters. The van der Waals surface area contributed by atoms with Crippen molar-refractivity contribution in [1.29, 1.82) is 0 Å². The van der Waals surface area contributed by atoms with Crippen LogP contribution in [0, 0.1) is 11.8 Å². The Morgan fingerprint density at radius 2 is 2.20 bits per heavy atom. The highest BCUT2D eigenvalue weighted by Crippen LogP contribution is 2.22. The Morgan fingerprint density at radius 1 is 1.50 bits per heavy atom. The molecule has 0 aliphatic heterocycles. The lowest BCUT2D eigenvalue weighted by Gasteiger charge is -2.21. The molecule has 1 aliphatic carbocycles. The summed E-state index contributed by atoms with van der Waals surface area (Å²) in [5.74, 6) is 0.853. The standard InChI is InChI=1S/C8H15NO/c1-6-2-4-7(5-3-6)8(9)10/h2,4,6-8,10H,3,5,9H2,1H3/t6-,7?,8+/m1/s1. The van der Waals surface area contributed by atoms with E-state index in [2.05, 4.69) is 13.0 Å². The first-order chi connectivity index (χ1) is 4.70. The molecule has 2 nitrogen and oxygen atoms in total. The second-order valence-corrected chi connectivity index (χ2v) is 3.09. The third kappa shape index (κ3) is 1.82. The Bertz CT molecular complexity index is 131. The quantitative estimate of drug-likeness (QED) is 0.420. The number of aliphatic hydroxyl groups is 1. The number of hydrogen-bond acceptors (Lipinski definition) is 2. The van der Waals surface area contributed by atoms with Gasteiger partial charge in [-0.05, 0) is 18.8 Å². The average Bonchev–Trinajstić information content (AvgIpc) is 1.88. The van der Waals surface area contributed by atoms with Crippen molar-refractivity contribution in [3.63, 3.8) is 0 Å². The molecule has 10 heavy (non-hydrogen) atoms. The monoisotopic (exact) mass is 141 g/mol. The number of rotatable bonds is 1. The minimum absolute atomic E-state index is 0.191. The summed E-state index contributed by atoms with van der Waals surface area (Å²) in [5, 5.41) is 8.99. The van der Waals surface area contributed by atoms with Gasteiger partial charge in [0.15, 0.2) is 0 Å². The predicted molar refractivity (Wildman–Crippen MR) is 41.2 cm³/mol. The first-order valence-corrected chi connectivity index (χ1v) is 3.82. The van der Waals surface area contributed by atoms with Crippen LogP contribution in [0.2, 0.25) is 0 Å². The van der Waals surface area contributed by atoms with E-state index in [0.29, 0.717) is 5.92 Å². The molecule has 0 aromatic carbocycles. The molecule has 1 aliphatic rings. The van der Waals surface area contributed by atoms with E-state index in [4.69, 9.17) is 10.8 Å². The largest absolute Gasteiger partial charge is 0.378 e. The number of nitrogens with two attached hydrogens (primary N) is 1. The van der Waals surface area contributed by atoms with Crippen LogP contribution in [-0.4, -0.2) is 11.3 Å². The summed E-state index contributed by atoms with van der Waals surface area (Å²) >= 11 is 0. The van der Waals surface area contributed by atoms with Gasteiger partial charge >= 0.3 is 0 Å². The maximum absolute atomic E-state index is 8.99. The summed E-state index contributed by atoms with van der Waals surface area (Å²) in [6, 6.07) is 0. The van der Waals surface area contributed by atoms with Crippen molar-refractivity contribution in [2.24, 2.45) is 17.6 Å². The molecule has 3 N–H and O–H groups in total. The van der Waals surface area contributed by atoms with Gasteiger partial charge in [0.25, 0.3) is 0 Å². The van der Waals surface area contributed by atoms with Crippen molar-refractivity contribution >= 4 is 0 Å². The summed E-state index contributed by atoms with van der Waals surface area (Å²) in [7, 11) is 0. The Kier molecular flexibility index (Phi) is 2.46. The van der Waals surface area contributed by atoms with Gasteiger partial charge in [0.1, 0.15) is 6.23 Å². The van der Waals surface area contributed by atoms with Crippen molar-refractivity contribution in [2.75, 3.05) is 0 Å². The summed E-state index contributed by atoms with van der Waals surface area (Å²) < 4.78 is 0. The third-order valence-electron chi connectivity index (χ3n) is 2.08. The zero-order valence-electron chi connectivity index (χ0n) is 6.33. The molecule has 0 radical (unpaired) electrons. The van der Waals surface area contributed by atoms with Crippen LogP contribution in [0.15, 0.2) is 12.2 Å². The maximum Gasteiger partial charge on any atom is 0.108 e. The smallest absolute Gasteiger partial charge is 0.108 e. The highest BCUT2D eigenvalue weighted by molar-refractivity contribution is 4.97. The minimum Gasteiger partial charge on any atom is -0.378 e. The van der Waals surface area contributed by atoms with Gasteiger partial charge in [0.05, 0.1) is 0 Å². The molecule has 0 heterocycles. The van der Waals surface area contributed by atoms with Crippen molar-refractivity contribution in [1.82, 2.24) is 0 Å². The SMILES string of the molecule is C[C@@H]1C=CC([C@@H](N)O)CC1. The van der Waals surface area contributed by atoms with E-state index in [9.17, 15) is 0 Å². The average molecular weight is 141 g/mol. The predicted octanol–water partition coefficient (Wildman–Crippen LogP) is 0.866. The maximum atomic E-state index is 8.99. The fraction of sp³-hybridized carbons (Fsp3) is 0.750. The number of hydrogen-bond donors (Lipinski definition) is 2. The van der Waals surface area contributed by atoms with Crippen LogP contribution in [0.25, 0.3) is 0 Å². The van der Waals surface area contributed by atoms with Gasteiger partial charge in [-0.15, -0.1) is 0 Å². The topological polar surface area (TPSA) is 46.2 Å². The zero-order valence-corrected chi connectivity index (χ0v) is 6.33. The molecule has 0 bridgehead atoms. The Hall–Kier alpha value is -0.340. The van der Waals surface area contributed by atoms with E-state index in [-0.39, 0.29) is 5.92 Å². The lowest BCUT2D eigenvalue weighted by molar-refractivity contribution is 0.126. The first kappa shape index (κ1) is 7.76. The van der Waals surface area contributed by atoms with E-state index in [1.54, 1.807) is 0 Å². The van der Waals surface area contributed by atoms with Gasteiger partial charge < -0.3 is 10.8 Å².